The van der Waals surface area contributed by atoms with Crippen LogP contribution < -0.4 is 0 Å². The van der Waals surface area contributed by atoms with Gasteiger partial charge in [0.15, 0.2) is 5.69 Å². The minimum atomic E-state index is -0.385. The zero-order chi connectivity index (χ0) is 12.4. The molecule has 0 amide bonds. The summed E-state index contributed by atoms with van der Waals surface area (Å²) in [5.41, 5.74) is 1.37. The number of hydrogen-bond acceptors (Lipinski definition) is 3. The van der Waals surface area contributed by atoms with E-state index in [2.05, 4.69) is 18.9 Å². The summed E-state index contributed by atoms with van der Waals surface area (Å²) in [5.74, 6) is 0.0903. The van der Waals surface area contributed by atoms with E-state index >= 15 is 0 Å². The van der Waals surface area contributed by atoms with Crippen molar-refractivity contribution in [2.24, 2.45) is 5.92 Å². The lowest BCUT2D eigenvalue weighted by atomic mass is 10.2. The first kappa shape index (κ1) is 11.6. The number of benzene rings is 1. The molecule has 0 saturated carbocycles. The number of carbonyl (C=O) groups excluding carboxylic acids is 1. The Labute approximate surface area is 100 Å². The smallest absolute Gasteiger partial charge is 0.359 e. The molecule has 0 bridgehead atoms. The minimum absolute atomic E-state index is 0.385. The third kappa shape index (κ3) is 2.16. The molecule has 0 N–H and O–H groups in total. The molecule has 0 unspecified atom stereocenters. The van der Waals surface area contributed by atoms with Crippen LogP contribution in [0.15, 0.2) is 24.3 Å². The molecule has 1 aromatic heterocycles. The van der Waals surface area contributed by atoms with E-state index in [9.17, 15) is 4.79 Å². The first-order valence-corrected chi connectivity index (χ1v) is 5.67. The number of ether oxygens (including phenoxy) is 1. The lowest BCUT2D eigenvalue weighted by Crippen LogP contribution is -2.08. The summed E-state index contributed by atoms with van der Waals surface area (Å²) in [6.45, 7) is 5.03. The van der Waals surface area contributed by atoms with Crippen LogP contribution in [0.3, 0.4) is 0 Å². The molecule has 0 aliphatic carbocycles. The third-order valence-corrected chi connectivity index (χ3v) is 2.57. The fraction of sp³-hybridized carbons (Fsp3) is 0.385. The Bertz CT molecular complexity index is 543. The van der Waals surface area contributed by atoms with Crippen molar-refractivity contribution in [1.82, 2.24) is 9.78 Å². The Hall–Kier alpha value is -1.84. The van der Waals surface area contributed by atoms with Crippen LogP contribution in [0.2, 0.25) is 0 Å². The summed E-state index contributed by atoms with van der Waals surface area (Å²) in [7, 11) is 1.37. The predicted molar refractivity (Wildman–Crippen MR) is 65.9 cm³/mol. The average Bonchev–Trinajstić information content (AvgIpc) is 2.67. The van der Waals surface area contributed by atoms with Crippen molar-refractivity contribution < 1.29 is 9.53 Å². The lowest BCUT2D eigenvalue weighted by Gasteiger charge is -2.05. The summed E-state index contributed by atoms with van der Waals surface area (Å²) >= 11 is 0. The van der Waals surface area contributed by atoms with Gasteiger partial charge in [-0.3, -0.25) is 4.68 Å². The molecule has 4 heteroatoms. The highest BCUT2D eigenvalue weighted by Crippen LogP contribution is 2.19. The molecule has 1 aromatic carbocycles. The first-order valence-electron chi connectivity index (χ1n) is 5.67. The summed E-state index contributed by atoms with van der Waals surface area (Å²) < 4.78 is 6.62. The van der Waals surface area contributed by atoms with Crippen molar-refractivity contribution in [2.45, 2.75) is 20.4 Å². The zero-order valence-electron chi connectivity index (χ0n) is 10.3. The molecule has 4 nitrogen and oxygen atoms in total. The highest BCUT2D eigenvalue weighted by atomic mass is 16.5. The second-order valence-electron chi connectivity index (χ2n) is 4.43. The Morgan fingerprint density at radius 2 is 2.12 bits per heavy atom. The molecular formula is C13H16N2O2. The summed E-state index contributed by atoms with van der Waals surface area (Å²) in [5, 5.41) is 5.19. The fourth-order valence-corrected chi connectivity index (χ4v) is 1.86. The maximum absolute atomic E-state index is 11.6. The number of hydrogen-bond donors (Lipinski definition) is 0. The molecule has 2 aromatic rings. The van der Waals surface area contributed by atoms with E-state index in [1.165, 1.54) is 7.11 Å². The normalized spacial score (nSPS) is 11.1. The fourth-order valence-electron chi connectivity index (χ4n) is 1.86. The number of carbonyl (C=O) groups is 1. The van der Waals surface area contributed by atoms with Gasteiger partial charge in [0.1, 0.15) is 0 Å². The van der Waals surface area contributed by atoms with Gasteiger partial charge in [0, 0.05) is 11.9 Å². The number of fused-ring (bicyclic) bond motifs is 1. The maximum atomic E-state index is 11.6. The largest absolute Gasteiger partial charge is 0.464 e. The van der Waals surface area contributed by atoms with Crippen LogP contribution in [-0.4, -0.2) is 22.9 Å². The summed E-state index contributed by atoms with van der Waals surface area (Å²) in [4.78, 5) is 11.6. The van der Waals surface area contributed by atoms with Crippen LogP contribution in [0.25, 0.3) is 10.9 Å². The highest BCUT2D eigenvalue weighted by molar-refractivity contribution is 6.02. The number of methoxy groups -OCH3 is 1. The van der Waals surface area contributed by atoms with Gasteiger partial charge >= 0.3 is 5.97 Å². The van der Waals surface area contributed by atoms with E-state index in [-0.39, 0.29) is 5.97 Å². The molecule has 0 radical (unpaired) electrons. The molecule has 0 saturated heterocycles. The topological polar surface area (TPSA) is 44.1 Å². The number of esters is 1. The Morgan fingerprint density at radius 1 is 1.41 bits per heavy atom. The van der Waals surface area contributed by atoms with Gasteiger partial charge in [-0.1, -0.05) is 32.0 Å². The van der Waals surface area contributed by atoms with Crippen molar-refractivity contribution in [3.8, 4) is 0 Å². The van der Waals surface area contributed by atoms with Crippen LogP contribution in [0, 0.1) is 5.92 Å². The molecule has 0 aliphatic rings. The second kappa shape index (κ2) is 4.57. The van der Waals surface area contributed by atoms with Crippen molar-refractivity contribution in [2.75, 3.05) is 7.11 Å². The number of rotatable bonds is 3. The zero-order valence-corrected chi connectivity index (χ0v) is 10.3. The van der Waals surface area contributed by atoms with Gasteiger partial charge in [-0.2, -0.15) is 5.10 Å². The molecule has 17 heavy (non-hydrogen) atoms. The Kier molecular flexibility index (Phi) is 3.13. The van der Waals surface area contributed by atoms with Crippen molar-refractivity contribution in [3.05, 3.63) is 30.0 Å². The average molecular weight is 232 g/mol. The van der Waals surface area contributed by atoms with Crippen LogP contribution >= 0.6 is 0 Å². The van der Waals surface area contributed by atoms with Crippen LogP contribution in [0.5, 0.6) is 0 Å². The van der Waals surface area contributed by atoms with Crippen LogP contribution in [-0.2, 0) is 11.3 Å². The Balaban J connectivity index is 2.58. The van der Waals surface area contributed by atoms with Gasteiger partial charge in [0.05, 0.1) is 12.6 Å². The molecule has 1 heterocycles. The SMILES string of the molecule is COC(=O)c1nn(CC(C)C)c2ccccc12. The monoisotopic (exact) mass is 232 g/mol. The Morgan fingerprint density at radius 3 is 2.76 bits per heavy atom. The van der Waals surface area contributed by atoms with E-state index in [1.807, 2.05) is 28.9 Å². The van der Waals surface area contributed by atoms with Crippen molar-refractivity contribution in [3.63, 3.8) is 0 Å². The quantitative estimate of drug-likeness (QED) is 0.764. The minimum Gasteiger partial charge on any atom is -0.464 e. The maximum Gasteiger partial charge on any atom is 0.359 e. The molecule has 0 aliphatic heterocycles. The molecule has 0 spiro atoms. The van der Waals surface area contributed by atoms with Crippen molar-refractivity contribution in [1.29, 1.82) is 0 Å². The second-order valence-corrected chi connectivity index (χ2v) is 4.43. The van der Waals surface area contributed by atoms with E-state index in [1.54, 1.807) is 0 Å². The number of aromatic nitrogens is 2. The van der Waals surface area contributed by atoms with Gasteiger partial charge < -0.3 is 4.74 Å². The highest BCUT2D eigenvalue weighted by Gasteiger charge is 2.17. The molecular weight excluding hydrogens is 216 g/mol. The van der Waals surface area contributed by atoms with E-state index in [0.29, 0.717) is 11.6 Å². The van der Waals surface area contributed by atoms with E-state index in [0.717, 1.165) is 17.4 Å². The predicted octanol–water partition coefficient (Wildman–Crippen LogP) is 2.48. The summed E-state index contributed by atoms with van der Waals surface area (Å²) in [6.07, 6.45) is 0. The number of para-hydroxylation sites is 1. The third-order valence-electron chi connectivity index (χ3n) is 2.57. The number of nitrogens with zero attached hydrogens (tertiary/aromatic N) is 2. The molecule has 2 rings (SSSR count). The molecule has 90 valence electrons. The van der Waals surface area contributed by atoms with Gasteiger partial charge in [-0.25, -0.2) is 4.79 Å². The molecule has 0 atom stereocenters. The van der Waals surface area contributed by atoms with Crippen molar-refractivity contribution >= 4 is 16.9 Å². The first-order chi connectivity index (χ1) is 8.13. The summed E-state index contributed by atoms with van der Waals surface area (Å²) in [6, 6.07) is 7.71. The van der Waals surface area contributed by atoms with Gasteiger partial charge in [0.2, 0.25) is 0 Å². The van der Waals surface area contributed by atoms with Crippen LogP contribution in [0.1, 0.15) is 24.3 Å². The van der Waals surface area contributed by atoms with E-state index in [4.69, 9.17) is 4.74 Å². The van der Waals surface area contributed by atoms with Gasteiger partial charge in [-0.15, -0.1) is 0 Å². The lowest BCUT2D eigenvalue weighted by molar-refractivity contribution is 0.0595. The molecule has 0 fully saturated rings. The van der Waals surface area contributed by atoms with E-state index < -0.39 is 0 Å². The van der Waals surface area contributed by atoms with Crippen LogP contribution in [0.4, 0.5) is 0 Å². The van der Waals surface area contributed by atoms with Gasteiger partial charge in [0.25, 0.3) is 0 Å². The van der Waals surface area contributed by atoms with Gasteiger partial charge in [-0.05, 0) is 12.0 Å². The standard InChI is InChI=1S/C13H16N2O2/c1-9(2)8-15-11-7-5-4-6-10(11)12(14-15)13(16)17-3/h4-7,9H,8H2,1-3H3.